The first-order chi connectivity index (χ1) is 7.99. The fourth-order valence-electron chi connectivity index (χ4n) is 2.23. The van der Waals surface area contributed by atoms with Crippen molar-refractivity contribution in [3.05, 3.63) is 24.3 Å². The van der Waals surface area contributed by atoms with Crippen molar-refractivity contribution < 1.29 is 9.59 Å². The highest BCUT2D eigenvalue weighted by molar-refractivity contribution is 6.09. The lowest BCUT2D eigenvalue weighted by atomic mass is 9.70. The van der Waals surface area contributed by atoms with E-state index in [1.165, 1.54) is 12.4 Å². The molecule has 0 bridgehead atoms. The Morgan fingerprint density at radius 2 is 2.00 bits per heavy atom. The molecule has 1 aliphatic carbocycles. The van der Waals surface area contributed by atoms with Crippen LogP contribution in [0.2, 0.25) is 0 Å². The molecule has 1 aromatic heterocycles. The summed E-state index contributed by atoms with van der Waals surface area (Å²) < 4.78 is 0. The van der Waals surface area contributed by atoms with E-state index in [1.807, 2.05) is 0 Å². The van der Waals surface area contributed by atoms with Crippen LogP contribution in [0, 0.1) is 11.3 Å². The van der Waals surface area contributed by atoms with Gasteiger partial charge in [0.1, 0.15) is 5.78 Å². The maximum absolute atomic E-state index is 12.2. The van der Waals surface area contributed by atoms with Crippen molar-refractivity contribution in [2.75, 3.05) is 0 Å². The highest BCUT2D eigenvalue weighted by atomic mass is 16.2. The van der Waals surface area contributed by atoms with E-state index >= 15 is 0 Å². The second kappa shape index (κ2) is 4.35. The Labute approximate surface area is 100 Å². The van der Waals surface area contributed by atoms with Crippen molar-refractivity contribution >= 4 is 11.6 Å². The van der Waals surface area contributed by atoms with Gasteiger partial charge in [0, 0.05) is 18.8 Å². The molecule has 1 aliphatic rings. The molecule has 1 aromatic rings. The van der Waals surface area contributed by atoms with Crippen molar-refractivity contribution in [1.29, 1.82) is 0 Å². The summed E-state index contributed by atoms with van der Waals surface area (Å²) in [7, 11) is 0. The average Bonchev–Trinajstić information content (AvgIpc) is 2.33. The maximum Gasteiger partial charge on any atom is 0.210 e. The van der Waals surface area contributed by atoms with Crippen LogP contribution in [0.1, 0.15) is 43.7 Å². The topological polar surface area (TPSA) is 59.9 Å². The predicted octanol–water partition coefficient (Wildman–Crippen LogP) is 2.05. The lowest BCUT2D eigenvalue weighted by Crippen LogP contribution is -2.35. The van der Waals surface area contributed by atoms with Gasteiger partial charge < -0.3 is 0 Å². The number of carbonyl (C=O) groups excluding carboxylic acids is 2. The van der Waals surface area contributed by atoms with Crippen molar-refractivity contribution in [3.8, 4) is 0 Å². The summed E-state index contributed by atoms with van der Waals surface area (Å²) in [5, 5.41) is 0. The first-order valence-corrected chi connectivity index (χ1v) is 5.83. The number of nitrogens with zero attached hydrogens (tertiary/aromatic N) is 2. The van der Waals surface area contributed by atoms with Gasteiger partial charge in [-0.1, -0.05) is 13.8 Å². The molecule has 0 aromatic carbocycles. The van der Waals surface area contributed by atoms with E-state index in [2.05, 4.69) is 23.8 Å². The normalized spacial score (nSPS) is 23.4. The van der Waals surface area contributed by atoms with Gasteiger partial charge in [-0.2, -0.15) is 0 Å². The average molecular weight is 232 g/mol. The second-order valence-corrected chi connectivity index (χ2v) is 5.32. The quantitative estimate of drug-likeness (QED) is 0.578. The summed E-state index contributed by atoms with van der Waals surface area (Å²) in [4.78, 5) is 31.8. The van der Waals surface area contributed by atoms with Gasteiger partial charge in [0.05, 0.1) is 5.92 Å². The maximum atomic E-state index is 12.2. The summed E-state index contributed by atoms with van der Waals surface area (Å²) in [6.45, 7) is 4.18. The van der Waals surface area contributed by atoms with Gasteiger partial charge in [-0.3, -0.25) is 9.59 Å². The van der Waals surface area contributed by atoms with E-state index in [1.54, 1.807) is 6.07 Å². The SMILES string of the molecule is CC1(C)CCC(=O)C(C(=O)c2ncccn2)C1. The van der Waals surface area contributed by atoms with Gasteiger partial charge in [-0.05, 0) is 24.3 Å². The lowest BCUT2D eigenvalue weighted by Gasteiger charge is -2.33. The Morgan fingerprint density at radius 1 is 1.35 bits per heavy atom. The van der Waals surface area contributed by atoms with Crippen LogP contribution < -0.4 is 0 Å². The van der Waals surface area contributed by atoms with Crippen molar-refractivity contribution in [3.63, 3.8) is 0 Å². The molecule has 17 heavy (non-hydrogen) atoms. The van der Waals surface area contributed by atoms with Crippen molar-refractivity contribution in [2.24, 2.45) is 11.3 Å². The van der Waals surface area contributed by atoms with E-state index < -0.39 is 5.92 Å². The molecule has 2 rings (SSSR count). The molecular weight excluding hydrogens is 216 g/mol. The van der Waals surface area contributed by atoms with Gasteiger partial charge in [-0.15, -0.1) is 0 Å². The van der Waals surface area contributed by atoms with Gasteiger partial charge in [-0.25, -0.2) is 9.97 Å². The zero-order valence-electron chi connectivity index (χ0n) is 10.1. The Morgan fingerprint density at radius 3 is 2.65 bits per heavy atom. The zero-order chi connectivity index (χ0) is 12.5. The van der Waals surface area contributed by atoms with E-state index in [9.17, 15) is 9.59 Å². The van der Waals surface area contributed by atoms with Crippen molar-refractivity contribution in [2.45, 2.75) is 33.1 Å². The summed E-state index contributed by atoms with van der Waals surface area (Å²) in [5.74, 6) is -0.602. The lowest BCUT2D eigenvalue weighted by molar-refractivity contribution is -0.125. The van der Waals surface area contributed by atoms with Crippen LogP contribution in [0.5, 0.6) is 0 Å². The van der Waals surface area contributed by atoms with Crippen LogP contribution in [0.15, 0.2) is 18.5 Å². The molecule has 1 fully saturated rings. The molecule has 1 atom stereocenters. The molecule has 1 saturated carbocycles. The van der Waals surface area contributed by atoms with E-state index in [-0.39, 0.29) is 22.8 Å². The van der Waals surface area contributed by atoms with Gasteiger partial charge >= 0.3 is 0 Å². The molecule has 0 amide bonds. The van der Waals surface area contributed by atoms with E-state index in [0.29, 0.717) is 12.8 Å². The number of Topliss-reactive ketones (excluding diaryl/α,β-unsaturated/α-hetero) is 2. The van der Waals surface area contributed by atoms with Crippen LogP contribution >= 0.6 is 0 Å². The van der Waals surface area contributed by atoms with Gasteiger partial charge in [0.25, 0.3) is 0 Å². The second-order valence-electron chi connectivity index (χ2n) is 5.32. The summed E-state index contributed by atoms with van der Waals surface area (Å²) in [6.07, 6.45) is 4.99. The zero-order valence-corrected chi connectivity index (χ0v) is 10.1. The Hall–Kier alpha value is -1.58. The molecule has 4 nitrogen and oxygen atoms in total. The van der Waals surface area contributed by atoms with Crippen LogP contribution in [-0.4, -0.2) is 21.5 Å². The van der Waals surface area contributed by atoms with Gasteiger partial charge in [0.2, 0.25) is 5.78 Å². The largest absolute Gasteiger partial charge is 0.299 e. The summed E-state index contributed by atoms with van der Waals surface area (Å²) in [6, 6.07) is 1.66. The highest BCUT2D eigenvalue weighted by Gasteiger charge is 2.38. The fourth-order valence-corrected chi connectivity index (χ4v) is 2.23. The monoisotopic (exact) mass is 232 g/mol. The number of carbonyl (C=O) groups is 2. The first kappa shape index (κ1) is 11.9. The third-order valence-electron chi connectivity index (χ3n) is 3.30. The fraction of sp³-hybridized carbons (Fsp3) is 0.538. The molecule has 4 heteroatoms. The first-order valence-electron chi connectivity index (χ1n) is 5.83. The van der Waals surface area contributed by atoms with Crippen LogP contribution in [-0.2, 0) is 4.79 Å². The minimum atomic E-state index is -0.554. The molecule has 0 aliphatic heterocycles. The molecule has 0 N–H and O–H groups in total. The number of rotatable bonds is 2. The smallest absolute Gasteiger partial charge is 0.210 e. The number of aromatic nitrogens is 2. The Balaban J connectivity index is 2.21. The molecule has 0 radical (unpaired) electrons. The minimum Gasteiger partial charge on any atom is -0.299 e. The minimum absolute atomic E-state index is 0.0294. The molecule has 1 heterocycles. The molecule has 0 saturated heterocycles. The Bertz CT molecular complexity index is 440. The van der Waals surface area contributed by atoms with Crippen LogP contribution in [0.3, 0.4) is 0 Å². The van der Waals surface area contributed by atoms with Crippen molar-refractivity contribution in [1.82, 2.24) is 9.97 Å². The molecule has 0 spiro atoms. The summed E-state index contributed by atoms with van der Waals surface area (Å²) in [5.41, 5.74) is 0.0447. The standard InChI is InChI=1S/C13H16N2O2/c1-13(2)5-4-10(16)9(8-13)11(17)12-14-6-3-7-15-12/h3,6-7,9H,4-5,8H2,1-2H3. The van der Waals surface area contributed by atoms with E-state index in [4.69, 9.17) is 0 Å². The summed E-state index contributed by atoms with van der Waals surface area (Å²) >= 11 is 0. The number of ketones is 2. The highest BCUT2D eigenvalue weighted by Crippen LogP contribution is 2.37. The molecular formula is C13H16N2O2. The van der Waals surface area contributed by atoms with Crippen LogP contribution in [0.25, 0.3) is 0 Å². The van der Waals surface area contributed by atoms with Crippen LogP contribution in [0.4, 0.5) is 0 Å². The molecule has 90 valence electrons. The third-order valence-corrected chi connectivity index (χ3v) is 3.30. The van der Waals surface area contributed by atoms with Gasteiger partial charge in [0.15, 0.2) is 5.82 Å². The number of hydrogen-bond donors (Lipinski definition) is 0. The van der Waals surface area contributed by atoms with E-state index in [0.717, 1.165) is 6.42 Å². The molecule has 1 unspecified atom stereocenters. The third kappa shape index (κ3) is 2.57. The number of hydrogen-bond acceptors (Lipinski definition) is 4. The Kier molecular flexibility index (Phi) is 3.05. The predicted molar refractivity (Wildman–Crippen MR) is 62.5 cm³/mol.